The van der Waals surface area contributed by atoms with E-state index in [-0.39, 0.29) is 6.04 Å². The number of phenols is 1. The second-order valence-corrected chi connectivity index (χ2v) is 5.25. The van der Waals surface area contributed by atoms with Crippen molar-refractivity contribution in [2.45, 2.75) is 19.0 Å². The fourth-order valence-corrected chi connectivity index (χ4v) is 2.86. The van der Waals surface area contributed by atoms with Crippen molar-refractivity contribution in [3.63, 3.8) is 0 Å². The van der Waals surface area contributed by atoms with Gasteiger partial charge in [0.1, 0.15) is 23.5 Å². The van der Waals surface area contributed by atoms with Crippen molar-refractivity contribution in [3.8, 4) is 11.4 Å². The molecule has 0 radical (unpaired) electrons. The van der Waals surface area contributed by atoms with Gasteiger partial charge in [-0.3, -0.25) is 0 Å². The molecule has 2 aromatic rings. The molecule has 1 N–H and O–H groups in total. The molecule has 5 heteroatoms. The average Bonchev–Trinajstić information content (AvgIpc) is 2.99. The molecular formula is C13H12ClN3O. The van der Waals surface area contributed by atoms with Gasteiger partial charge >= 0.3 is 0 Å². The summed E-state index contributed by atoms with van der Waals surface area (Å²) in [6, 6.07) is 6.22. The van der Waals surface area contributed by atoms with E-state index in [0.717, 1.165) is 16.3 Å². The molecule has 2 aliphatic rings. The molecule has 2 atom stereocenters. The Kier molecular flexibility index (Phi) is 1.77. The fourth-order valence-electron chi connectivity index (χ4n) is 2.66. The lowest BCUT2D eigenvalue weighted by molar-refractivity contribution is 0.314. The van der Waals surface area contributed by atoms with Gasteiger partial charge < -0.3 is 5.11 Å². The van der Waals surface area contributed by atoms with Crippen LogP contribution in [0.1, 0.15) is 17.6 Å². The Bertz CT molecular complexity index is 701. The zero-order valence-electron chi connectivity index (χ0n) is 9.79. The number of rotatable bonds is 1. The van der Waals surface area contributed by atoms with Crippen molar-refractivity contribution < 1.29 is 5.11 Å². The van der Waals surface area contributed by atoms with Crippen LogP contribution in [-0.4, -0.2) is 19.5 Å². The Morgan fingerprint density at radius 3 is 2.83 bits per heavy atom. The lowest BCUT2D eigenvalue weighted by Gasteiger charge is -2.26. The molecule has 18 heavy (non-hydrogen) atoms. The van der Waals surface area contributed by atoms with Crippen molar-refractivity contribution in [1.29, 1.82) is 0 Å². The van der Waals surface area contributed by atoms with Gasteiger partial charge in [-0.25, -0.2) is 0 Å². The second-order valence-electron chi connectivity index (χ2n) is 4.81. The third-order valence-electron chi connectivity index (χ3n) is 3.58. The summed E-state index contributed by atoms with van der Waals surface area (Å²) < 4.78 is 0. The van der Waals surface area contributed by atoms with E-state index in [4.69, 9.17) is 11.6 Å². The smallest absolute Gasteiger partial charge is 0.143 e. The van der Waals surface area contributed by atoms with Crippen LogP contribution in [-0.2, 0) is 0 Å². The summed E-state index contributed by atoms with van der Waals surface area (Å²) in [6.07, 6.45) is 6.05. The van der Waals surface area contributed by atoms with Crippen molar-refractivity contribution in [1.82, 2.24) is 14.4 Å². The van der Waals surface area contributed by atoms with Crippen LogP contribution in [0.3, 0.4) is 0 Å². The third-order valence-corrected chi connectivity index (χ3v) is 3.83. The maximum atomic E-state index is 9.94. The van der Waals surface area contributed by atoms with Gasteiger partial charge in [0.15, 0.2) is 0 Å². The maximum absolute atomic E-state index is 9.94. The first-order valence-corrected chi connectivity index (χ1v) is 6.28. The highest BCUT2D eigenvalue weighted by Gasteiger charge is 2.47. The van der Waals surface area contributed by atoms with Crippen molar-refractivity contribution in [2.75, 3.05) is 0 Å². The number of hydrogen-bond donors (Lipinski definition) is 1. The van der Waals surface area contributed by atoms with Gasteiger partial charge in [0, 0.05) is 5.03 Å². The van der Waals surface area contributed by atoms with Crippen LogP contribution in [0, 0.1) is 6.92 Å². The number of nitrogens with zero attached hydrogens (tertiary/aromatic N) is 3. The van der Waals surface area contributed by atoms with E-state index in [1.165, 1.54) is 0 Å². The molecule has 0 saturated heterocycles. The summed E-state index contributed by atoms with van der Waals surface area (Å²) >= 11 is 6.01. The summed E-state index contributed by atoms with van der Waals surface area (Å²) in [5.41, 5.74) is 1.95. The maximum Gasteiger partial charge on any atom is 0.143 e. The molecule has 0 fully saturated rings. The summed E-state index contributed by atoms with van der Waals surface area (Å²) in [7, 11) is 0. The van der Waals surface area contributed by atoms with Crippen LogP contribution >= 0.6 is 11.6 Å². The molecule has 1 aromatic heterocycles. The highest BCUT2D eigenvalue weighted by atomic mass is 35.5. The molecule has 1 aliphatic carbocycles. The van der Waals surface area contributed by atoms with E-state index in [1.54, 1.807) is 6.07 Å². The van der Waals surface area contributed by atoms with Crippen LogP contribution in [0.25, 0.3) is 5.69 Å². The van der Waals surface area contributed by atoms with Crippen molar-refractivity contribution >= 4 is 11.6 Å². The van der Waals surface area contributed by atoms with Crippen LogP contribution in [0.5, 0.6) is 5.75 Å². The number of allylic oxidation sites excluding steroid dienone is 4. The normalized spacial score (nSPS) is 24.4. The van der Waals surface area contributed by atoms with E-state index in [2.05, 4.69) is 15.7 Å². The van der Waals surface area contributed by atoms with Crippen molar-refractivity contribution in [3.05, 3.63) is 47.0 Å². The molecule has 2 unspecified atom stereocenters. The standard InChI is InChI=1S/C13H12ClN3O/c1-8-2-5-13(18)12(6-8)17-15-10-4-3-9(14)7-11(10)16(15)17/h2-7,10-11,18H,1H3. The Balaban J connectivity index is 1.79. The Labute approximate surface area is 109 Å². The minimum absolute atomic E-state index is 0.280. The number of halogens is 1. The Morgan fingerprint density at radius 2 is 2.00 bits per heavy atom. The van der Waals surface area contributed by atoms with Gasteiger partial charge in [-0.15, -0.1) is 0 Å². The molecule has 0 bridgehead atoms. The van der Waals surface area contributed by atoms with E-state index in [9.17, 15) is 5.11 Å². The number of hydrogen-bond acceptors (Lipinski definition) is 1. The van der Waals surface area contributed by atoms with Gasteiger partial charge in [-0.05, 0) is 36.8 Å². The largest absolute Gasteiger partial charge is 0.506 e. The first kappa shape index (κ1) is 10.1. The highest BCUT2D eigenvalue weighted by Crippen LogP contribution is 2.46. The second kappa shape index (κ2) is 3.14. The molecule has 1 aliphatic heterocycles. The number of phenolic OH excluding ortho intramolecular Hbond substituents is 1. The topological polar surface area (TPSA) is 35.0 Å². The first-order valence-electron chi connectivity index (χ1n) is 5.90. The van der Waals surface area contributed by atoms with Crippen molar-refractivity contribution in [2.24, 2.45) is 0 Å². The molecule has 0 spiro atoms. The highest BCUT2D eigenvalue weighted by molar-refractivity contribution is 6.31. The lowest BCUT2D eigenvalue weighted by Crippen LogP contribution is -2.26. The zero-order valence-corrected chi connectivity index (χ0v) is 10.5. The molecular weight excluding hydrogens is 250 g/mol. The predicted molar refractivity (Wildman–Crippen MR) is 69.3 cm³/mol. The van der Waals surface area contributed by atoms with E-state index in [0.29, 0.717) is 11.8 Å². The number of benzene rings is 1. The molecule has 0 amide bonds. The van der Waals surface area contributed by atoms with Gasteiger partial charge in [-0.2, -0.15) is 14.4 Å². The number of fused-ring (bicyclic) bond motifs is 4. The minimum atomic E-state index is 0.280. The van der Waals surface area contributed by atoms with Gasteiger partial charge in [0.25, 0.3) is 0 Å². The van der Waals surface area contributed by atoms with Crippen LogP contribution in [0.15, 0.2) is 41.5 Å². The van der Waals surface area contributed by atoms with Gasteiger partial charge in [0.2, 0.25) is 0 Å². The molecule has 2 heterocycles. The van der Waals surface area contributed by atoms with Gasteiger partial charge in [0.05, 0.1) is 0 Å². The SMILES string of the molecule is Cc1ccc(O)c(-n2n3n2C2C=C(Cl)C=CC23)c1. The third kappa shape index (κ3) is 1.16. The fraction of sp³-hybridized carbons (Fsp3) is 0.231. The minimum Gasteiger partial charge on any atom is -0.506 e. The average molecular weight is 262 g/mol. The van der Waals surface area contributed by atoms with E-state index >= 15 is 0 Å². The summed E-state index contributed by atoms with van der Waals surface area (Å²) in [4.78, 5) is 6.19. The summed E-state index contributed by atoms with van der Waals surface area (Å²) in [5, 5.41) is 10.7. The molecule has 92 valence electrons. The van der Waals surface area contributed by atoms with E-state index < -0.39 is 0 Å². The molecule has 4 nitrogen and oxygen atoms in total. The quantitative estimate of drug-likeness (QED) is 0.842. The predicted octanol–water partition coefficient (Wildman–Crippen LogP) is 2.88. The molecule has 4 rings (SSSR count). The number of aromatic hydroxyl groups is 1. The Morgan fingerprint density at radius 1 is 1.22 bits per heavy atom. The zero-order chi connectivity index (χ0) is 12.4. The summed E-state index contributed by atoms with van der Waals surface area (Å²) in [5.74, 6) is 0.297. The summed E-state index contributed by atoms with van der Waals surface area (Å²) in [6.45, 7) is 2.02. The Hall–Kier alpha value is -1.81. The van der Waals surface area contributed by atoms with Crippen LogP contribution < -0.4 is 0 Å². The molecule has 1 aromatic carbocycles. The first-order chi connectivity index (χ1) is 8.66. The van der Waals surface area contributed by atoms with E-state index in [1.807, 2.05) is 36.0 Å². The molecule has 0 saturated carbocycles. The number of aryl methyl sites for hydroxylation is 1. The lowest BCUT2D eigenvalue weighted by atomic mass is 10.0. The van der Waals surface area contributed by atoms with Gasteiger partial charge in [-0.1, -0.05) is 23.7 Å². The number of aromatic nitrogens is 3. The van der Waals surface area contributed by atoms with Crippen LogP contribution in [0.4, 0.5) is 0 Å². The van der Waals surface area contributed by atoms with Crippen LogP contribution in [0.2, 0.25) is 0 Å². The monoisotopic (exact) mass is 261 g/mol.